The van der Waals surface area contributed by atoms with Crippen LogP contribution < -0.4 is 0 Å². The molecule has 1 aliphatic carbocycles. The first-order valence-corrected chi connectivity index (χ1v) is 12.1. The molecular weight excluding hydrogens is 484 g/mol. The van der Waals surface area contributed by atoms with E-state index in [1.54, 1.807) is 39.8 Å². The SMILES string of the molecule is C=C(C)[C@@]12C[C@@]3(O[C@@H]1CC(=O)O2)[C@]1(C(=O)OC)O[C@]2(C)OC(=O)[C@@]3(C)[C@@H]2C=C[C@@]1(C)C(=O)c1ccoc1. The molecule has 1 aromatic heterocycles. The van der Waals surface area contributed by atoms with Crippen LogP contribution in [0.25, 0.3) is 0 Å². The van der Waals surface area contributed by atoms with Crippen LogP contribution in [0.5, 0.6) is 0 Å². The van der Waals surface area contributed by atoms with Gasteiger partial charge in [0.15, 0.2) is 11.4 Å². The highest BCUT2D eigenvalue weighted by Gasteiger charge is 2.91. The molecule has 196 valence electrons. The van der Waals surface area contributed by atoms with Gasteiger partial charge in [-0.2, -0.15) is 0 Å². The molecule has 4 saturated heterocycles. The molecule has 7 rings (SSSR count). The van der Waals surface area contributed by atoms with Gasteiger partial charge in [0.1, 0.15) is 23.4 Å². The van der Waals surface area contributed by atoms with Gasteiger partial charge in [-0.05, 0) is 32.4 Å². The number of hydrogen-bond donors (Lipinski definition) is 0. The van der Waals surface area contributed by atoms with Crippen LogP contribution >= 0.6 is 0 Å². The molecule has 5 aliphatic heterocycles. The molecular formula is C27H28O10. The first kappa shape index (κ1) is 24.1. The summed E-state index contributed by atoms with van der Waals surface area (Å²) in [5.74, 6) is -4.93. The largest absolute Gasteiger partial charge is 0.472 e. The Morgan fingerprint density at radius 3 is 2.49 bits per heavy atom. The predicted octanol–water partition coefficient (Wildman–Crippen LogP) is 2.67. The Balaban J connectivity index is 1.71. The van der Waals surface area contributed by atoms with E-state index in [1.165, 1.54) is 25.7 Å². The Labute approximate surface area is 212 Å². The van der Waals surface area contributed by atoms with Crippen LogP contribution in [0, 0.1) is 16.7 Å². The molecule has 8 atom stereocenters. The molecule has 0 amide bonds. The topological polar surface area (TPSA) is 128 Å². The number of fused-ring (bicyclic) bond motifs is 2. The van der Waals surface area contributed by atoms with Gasteiger partial charge < -0.3 is 28.1 Å². The minimum Gasteiger partial charge on any atom is -0.472 e. The van der Waals surface area contributed by atoms with E-state index in [9.17, 15) is 19.2 Å². The van der Waals surface area contributed by atoms with Gasteiger partial charge in [0.25, 0.3) is 0 Å². The molecule has 6 aliphatic rings. The Morgan fingerprint density at radius 1 is 1.16 bits per heavy atom. The summed E-state index contributed by atoms with van der Waals surface area (Å²) < 4.78 is 35.6. The smallest absolute Gasteiger partial charge is 0.342 e. The van der Waals surface area contributed by atoms with Crippen molar-refractivity contribution in [2.45, 2.75) is 69.2 Å². The Kier molecular flexibility index (Phi) is 4.43. The lowest BCUT2D eigenvalue weighted by atomic mass is 9.49. The molecule has 10 heteroatoms. The fraction of sp³-hybridized carbons (Fsp3) is 0.556. The van der Waals surface area contributed by atoms with Crippen molar-refractivity contribution in [3.05, 3.63) is 48.5 Å². The van der Waals surface area contributed by atoms with Crippen LogP contribution in [0.1, 0.15) is 50.9 Å². The molecule has 0 radical (unpaired) electrons. The van der Waals surface area contributed by atoms with Gasteiger partial charge >= 0.3 is 17.9 Å². The lowest BCUT2D eigenvalue weighted by molar-refractivity contribution is -0.357. The van der Waals surface area contributed by atoms with Crippen molar-refractivity contribution in [2.24, 2.45) is 16.7 Å². The van der Waals surface area contributed by atoms with E-state index in [0.29, 0.717) is 5.57 Å². The maximum atomic E-state index is 14.2. The third kappa shape index (κ3) is 2.31. The zero-order valence-electron chi connectivity index (χ0n) is 21.2. The lowest BCUT2D eigenvalue weighted by Crippen LogP contribution is -2.80. The third-order valence-electron chi connectivity index (χ3n) is 9.50. The molecule has 4 bridgehead atoms. The number of furan rings is 1. The van der Waals surface area contributed by atoms with Gasteiger partial charge in [-0.25, -0.2) is 4.79 Å². The minimum absolute atomic E-state index is 0.126. The van der Waals surface area contributed by atoms with Crippen LogP contribution in [0.2, 0.25) is 0 Å². The first-order chi connectivity index (χ1) is 17.3. The molecule has 6 heterocycles. The van der Waals surface area contributed by atoms with Crippen LogP contribution in [0.15, 0.2) is 47.3 Å². The van der Waals surface area contributed by atoms with E-state index in [2.05, 4.69) is 6.58 Å². The quantitative estimate of drug-likeness (QED) is 0.257. The third-order valence-corrected chi connectivity index (χ3v) is 9.50. The summed E-state index contributed by atoms with van der Waals surface area (Å²) in [4.78, 5) is 54.7. The molecule has 10 nitrogen and oxygen atoms in total. The normalized spacial score (nSPS) is 46.9. The van der Waals surface area contributed by atoms with E-state index in [0.717, 1.165) is 0 Å². The van der Waals surface area contributed by atoms with Crippen molar-refractivity contribution in [3.63, 3.8) is 0 Å². The zero-order valence-corrected chi connectivity index (χ0v) is 21.2. The highest BCUT2D eigenvalue weighted by molar-refractivity contribution is 6.07. The van der Waals surface area contributed by atoms with E-state index in [1.807, 2.05) is 0 Å². The average molecular weight is 513 g/mol. The first-order valence-electron chi connectivity index (χ1n) is 12.1. The number of hydrogen-bond acceptors (Lipinski definition) is 10. The number of carbonyl (C=O) groups is 4. The molecule has 0 aromatic carbocycles. The Morgan fingerprint density at radius 2 is 1.89 bits per heavy atom. The van der Waals surface area contributed by atoms with Crippen molar-refractivity contribution in [3.8, 4) is 0 Å². The number of esters is 3. The molecule has 1 spiro atoms. The summed E-state index contributed by atoms with van der Waals surface area (Å²) in [6.07, 6.45) is 4.72. The fourth-order valence-electron chi connectivity index (χ4n) is 7.64. The van der Waals surface area contributed by atoms with Gasteiger partial charge in [0.05, 0.1) is 36.7 Å². The summed E-state index contributed by atoms with van der Waals surface area (Å²) in [5.41, 5.74) is -8.06. The van der Waals surface area contributed by atoms with Crippen molar-refractivity contribution in [1.29, 1.82) is 0 Å². The number of rotatable bonds is 4. The van der Waals surface area contributed by atoms with Gasteiger partial charge in [-0.3, -0.25) is 14.4 Å². The number of ether oxygens (including phenoxy) is 5. The summed E-state index contributed by atoms with van der Waals surface area (Å²) in [5, 5.41) is 0. The second-order valence-electron chi connectivity index (χ2n) is 11.2. The zero-order chi connectivity index (χ0) is 26.8. The van der Waals surface area contributed by atoms with Gasteiger partial charge in [-0.1, -0.05) is 18.7 Å². The molecule has 37 heavy (non-hydrogen) atoms. The number of methoxy groups -OCH3 is 1. The lowest BCUT2D eigenvalue weighted by Gasteiger charge is -2.60. The predicted molar refractivity (Wildman–Crippen MR) is 123 cm³/mol. The molecule has 4 fully saturated rings. The Hall–Kier alpha value is -3.24. The van der Waals surface area contributed by atoms with Gasteiger partial charge in [-0.15, -0.1) is 0 Å². The van der Waals surface area contributed by atoms with E-state index in [-0.39, 0.29) is 18.4 Å². The molecule has 1 aromatic rings. The summed E-state index contributed by atoms with van der Waals surface area (Å²) >= 11 is 0. The van der Waals surface area contributed by atoms with Crippen LogP contribution in [-0.2, 0) is 38.1 Å². The number of carbonyl (C=O) groups excluding carboxylic acids is 4. The maximum absolute atomic E-state index is 14.2. The Bertz CT molecular complexity index is 1310. The van der Waals surface area contributed by atoms with Crippen LogP contribution in [0.3, 0.4) is 0 Å². The van der Waals surface area contributed by atoms with Crippen molar-refractivity contribution in [1.82, 2.24) is 0 Å². The average Bonchev–Trinajstić information content (AvgIpc) is 3.54. The van der Waals surface area contributed by atoms with Gasteiger partial charge in [0.2, 0.25) is 11.4 Å². The molecule has 0 unspecified atom stereocenters. The monoisotopic (exact) mass is 512 g/mol. The minimum atomic E-state index is -2.23. The van der Waals surface area contributed by atoms with Crippen LogP contribution in [-0.4, -0.2) is 59.5 Å². The highest BCUT2D eigenvalue weighted by Crippen LogP contribution is 2.74. The number of ketones is 1. The second-order valence-corrected chi connectivity index (χ2v) is 11.2. The van der Waals surface area contributed by atoms with E-state index in [4.69, 9.17) is 28.1 Å². The fourth-order valence-corrected chi connectivity index (χ4v) is 7.64. The van der Waals surface area contributed by atoms with Crippen molar-refractivity contribution < 1.29 is 47.3 Å². The summed E-state index contributed by atoms with van der Waals surface area (Å²) in [7, 11) is 1.18. The van der Waals surface area contributed by atoms with E-state index < -0.39 is 69.1 Å². The van der Waals surface area contributed by atoms with Gasteiger partial charge in [0, 0.05) is 13.3 Å². The standard InChI is InChI=1S/C27H28O10/c1-14(2)25-13-26(34-17(25)11-18(28)35-25)23(4)16-7-9-22(3,19(29)15-8-10-33-12-15)27(26,21(31)32-6)37-24(16,5)36-20(23)30/h7-10,12,16-17H,1,11,13H2,2-6H3/t16-,17+,22-,23+,24-,25-,26-,27+/m0/s1. The van der Waals surface area contributed by atoms with E-state index >= 15 is 0 Å². The van der Waals surface area contributed by atoms with Crippen LogP contribution in [0.4, 0.5) is 0 Å². The summed E-state index contributed by atoms with van der Waals surface area (Å²) in [6, 6.07) is 1.48. The molecule has 0 saturated carbocycles. The summed E-state index contributed by atoms with van der Waals surface area (Å²) in [6.45, 7) is 10.5. The van der Waals surface area contributed by atoms with Crippen molar-refractivity contribution in [2.75, 3.05) is 7.11 Å². The molecule has 0 N–H and O–H groups in total. The van der Waals surface area contributed by atoms with Crippen molar-refractivity contribution >= 4 is 23.7 Å². The number of Topliss-reactive ketones (excluding diaryl/α,β-unsaturated/α-hetero) is 1. The maximum Gasteiger partial charge on any atom is 0.342 e. The highest BCUT2D eigenvalue weighted by atomic mass is 16.8. The second kappa shape index (κ2) is 6.79.